The molecule has 5 atom stereocenters. The molecule has 1 rings (SSSR count). The van der Waals surface area contributed by atoms with Gasteiger partial charge in [-0.3, -0.25) is 9.59 Å². The Morgan fingerprint density at radius 1 is 0.531 bits per heavy atom. The van der Waals surface area contributed by atoms with E-state index in [4.69, 9.17) is 9.47 Å². The van der Waals surface area contributed by atoms with Crippen molar-refractivity contribution in [3.8, 4) is 0 Å². The summed E-state index contributed by atoms with van der Waals surface area (Å²) in [6.45, 7) is 3.95. The standard InChI is InChI=1S/C42H79O7/c1-3-5-7-9-11-13-15-17-19-21-23-25-27-29-31-33-36(44)41-42(40(47)39(46)37(35-43)48-41)49-38(45)34-32-30-28-26-24-22-20-18-16-14-12-10-8-6-4-2/h37,39-43,46H,3-35H2,1-2H3/t37-,39+,40+,41+,42-/m1/s1. The van der Waals surface area contributed by atoms with E-state index in [0.717, 1.165) is 38.5 Å². The van der Waals surface area contributed by atoms with E-state index in [-0.39, 0.29) is 18.6 Å². The molecule has 7 heteroatoms. The monoisotopic (exact) mass is 696 g/mol. The predicted octanol–water partition coefficient (Wildman–Crippen LogP) is 10.9. The molecule has 7 nitrogen and oxygen atoms in total. The van der Waals surface area contributed by atoms with E-state index < -0.39 is 43.1 Å². The number of ether oxygens (including phenoxy) is 2. The molecular formula is C42H79O7. The van der Waals surface area contributed by atoms with Gasteiger partial charge in [0, 0.05) is 12.8 Å². The third-order valence-electron chi connectivity index (χ3n) is 10.4. The van der Waals surface area contributed by atoms with Crippen molar-refractivity contribution < 1.29 is 34.4 Å². The highest BCUT2D eigenvalue weighted by atomic mass is 16.6. The lowest BCUT2D eigenvalue weighted by Gasteiger charge is -2.40. The summed E-state index contributed by atoms with van der Waals surface area (Å²) in [5.41, 5.74) is 0. The van der Waals surface area contributed by atoms with Gasteiger partial charge in [-0.1, -0.05) is 194 Å². The topological polar surface area (TPSA) is 113 Å². The lowest BCUT2D eigenvalue weighted by atomic mass is 9.91. The first-order chi connectivity index (χ1) is 24.0. The average molecular weight is 696 g/mol. The molecule has 0 bridgehead atoms. The van der Waals surface area contributed by atoms with Crippen LogP contribution in [0.15, 0.2) is 0 Å². The number of hydrogen-bond donors (Lipinski definition) is 2. The van der Waals surface area contributed by atoms with E-state index in [9.17, 15) is 24.9 Å². The van der Waals surface area contributed by atoms with Gasteiger partial charge in [0.1, 0.15) is 12.2 Å². The van der Waals surface area contributed by atoms with Crippen molar-refractivity contribution in [2.75, 3.05) is 6.61 Å². The first kappa shape index (κ1) is 46.0. The summed E-state index contributed by atoms with van der Waals surface area (Å²) in [5, 5.41) is 33.0. The van der Waals surface area contributed by atoms with Crippen LogP contribution < -0.4 is 0 Å². The van der Waals surface area contributed by atoms with E-state index in [1.165, 1.54) is 141 Å². The molecule has 1 aliphatic rings. The van der Waals surface area contributed by atoms with Crippen LogP contribution >= 0.6 is 0 Å². The molecule has 1 heterocycles. The minimum absolute atomic E-state index is 0.182. The fourth-order valence-electron chi connectivity index (χ4n) is 7.13. The van der Waals surface area contributed by atoms with Crippen molar-refractivity contribution in [1.82, 2.24) is 0 Å². The van der Waals surface area contributed by atoms with E-state index in [0.29, 0.717) is 12.8 Å². The minimum Gasteiger partial charge on any atom is -0.456 e. The van der Waals surface area contributed by atoms with Crippen molar-refractivity contribution in [3.63, 3.8) is 0 Å². The van der Waals surface area contributed by atoms with Gasteiger partial charge in [-0.15, -0.1) is 0 Å². The maximum Gasteiger partial charge on any atom is 0.306 e. The molecule has 289 valence electrons. The highest BCUT2D eigenvalue weighted by Crippen LogP contribution is 2.27. The lowest BCUT2D eigenvalue weighted by Crippen LogP contribution is -2.61. The Labute approximate surface area is 302 Å². The normalized spacial score (nSPS) is 20.9. The summed E-state index contributed by atoms with van der Waals surface area (Å²) in [6.07, 6.45) is 30.4. The van der Waals surface area contributed by atoms with Crippen molar-refractivity contribution >= 4 is 11.8 Å². The third kappa shape index (κ3) is 24.0. The van der Waals surface area contributed by atoms with Crippen molar-refractivity contribution in [1.29, 1.82) is 0 Å². The molecule has 0 spiro atoms. The Balaban J connectivity index is 2.20. The van der Waals surface area contributed by atoms with Crippen LogP contribution in [0.2, 0.25) is 0 Å². The van der Waals surface area contributed by atoms with Crippen LogP contribution in [-0.2, 0) is 24.2 Å². The second kappa shape index (κ2) is 32.9. The molecule has 1 fully saturated rings. The van der Waals surface area contributed by atoms with Crippen LogP contribution in [0, 0.1) is 0 Å². The largest absolute Gasteiger partial charge is 0.456 e. The number of unbranched alkanes of at least 4 members (excludes halogenated alkanes) is 28. The van der Waals surface area contributed by atoms with Crippen LogP contribution in [0.25, 0.3) is 0 Å². The van der Waals surface area contributed by atoms with Gasteiger partial charge in [0.15, 0.2) is 24.1 Å². The van der Waals surface area contributed by atoms with E-state index in [1.807, 2.05) is 0 Å². The molecule has 0 unspecified atom stereocenters. The molecule has 0 aromatic heterocycles. The number of esters is 1. The van der Waals surface area contributed by atoms with Gasteiger partial charge >= 0.3 is 5.97 Å². The fraction of sp³-hybridized carbons (Fsp3) is 0.952. The van der Waals surface area contributed by atoms with Crippen molar-refractivity contribution in [3.05, 3.63) is 0 Å². The SMILES string of the molecule is CCCCCCCCCCCCCCCCCC(=O)O[C@@H]1[C@@H]([O])[C@@H](O)[C@@H](CO)O[C@H]1C(=O)CCCCCCCCCCCCCCCCC. The average Bonchev–Trinajstić information content (AvgIpc) is 3.10. The summed E-state index contributed by atoms with van der Waals surface area (Å²) in [6, 6.07) is 0. The second-order valence-corrected chi connectivity index (χ2v) is 15.1. The number of carbonyl (C=O) groups is 2. The number of rotatable bonds is 35. The molecule has 0 aromatic carbocycles. The van der Waals surface area contributed by atoms with Gasteiger partial charge in [0.2, 0.25) is 0 Å². The summed E-state index contributed by atoms with van der Waals surface area (Å²) in [7, 11) is 0. The number of aliphatic hydroxyl groups excluding tert-OH is 2. The number of Topliss-reactive ketones (excluding diaryl/α,β-unsaturated/α-hetero) is 1. The molecule has 1 aliphatic heterocycles. The van der Waals surface area contributed by atoms with Crippen LogP contribution in [-0.4, -0.2) is 59.1 Å². The Hall–Kier alpha value is -1.02. The summed E-state index contributed by atoms with van der Waals surface area (Å²) in [4.78, 5) is 25.8. The molecule has 1 radical (unpaired) electrons. The number of aliphatic hydroxyl groups is 2. The number of ketones is 1. The molecule has 2 N–H and O–H groups in total. The van der Waals surface area contributed by atoms with E-state index in [2.05, 4.69) is 13.8 Å². The maximum absolute atomic E-state index is 13.1. The van der Waals surface area contributed by atoms with Crippen LogP contribution in [0.5, 0.6) is 0 Å². The number of carbonyl (C=O) groups excluding carboxylic acids is 2. The van der Waals surface area contributed by atoms with Gasteiger partial charge in [0.05, 0.1) is 6.61 Å². The zero-order valence-corrected chi connectivity index (χ0v) is 32.2. The third-order valence-corrected chi connectivity index (χ3v) is 10.4. The summed E-state index contributed by atoms with van der Waals surface area (Å²) >= 11 is 0. The Morgan fingerprint density at radius 2 is 0.857 bits per heavy atom. The van der Waals surface area contributed by atoms with E-state index in [1.54, 1.807) is 0 Å². The van der Waals surface area contributed by atoms with Gasteiger partial charge < -0.3 is 19.7 Å². The zero-order chi connectivity index (χ0) is 35.8. The molecule has 0 amide bonds. The Morgan fingerprint density at radius 3 is 1.20 bits per heavy atom. The van der Waals surface area contributed by atoms with Crippen LogP contribution in [0.1, 0.15) is 219 Å². The smallest absolute Gasteiger partial charge is 0.306 e. The summed E-state index contributed by atoms with van der Waals surface area (Å²) < 4.78 is 11.2. The van der Waals surface area contributed by atoms with Crippen molar-refractivity contribution in [2.45, 2.75) is 250 Å². The first-order valence-corrected chi connectivity index (χ1v) is 21.3. The Kier molecular flexibility index (Phi) is 30.8. The highest BCUT2D eigenvalue weighted by Gasteiger charge is 2.49. The first-order valence-electron chi connectivity index (χ1n) is 21.3. The molecule has 0 saturated carbocycles. The molecule has 1 saturated heterocycles. The van der Waals surface area contributed by atoms with Gasteiger partial charge in [-0.05, 0) is 12.8 Å². The maximum atomic E-state index is 13.1. The molecule has 0 aliphatic carbocycles. The van der Waals surface area contributed by atoms with Crippen LogP contribution in [0.4, 0.5) is 0 Å². The van der Waals surface area contributed by atoms with E-state index >= 15 is 0 Å². The van der Waals surface area contributed by atoms with Crippen LogP contribution in [0.3, 0.4) is 0 Å². The van der Waals surface area contributed by atoms with Gasteiger partial charge in [-0.2, -0.15) is 0 Å². The lowest BCUT2D eigenvalue weighted by molar-refractivity contribution is -0.246. The highest BCUT2D eigenvalue weighted by molar-refractivity contribution is 5.84. The molecular weight excluding hydrogens is 616 g/mol. The Bertz CT molecular complexity index is 759. The predicted molar refractivity (Wildman–Crippen MR) is 200 cm³/mol. The fourth-order valence-corrected chi connectivity index (χ4v) is 7.13. The van der Waals surface area contributed by atoms with Gasteiger partial charge in [-0.25, -0.2) is 5.11 Å². The molecule has 49 heavy (non-hydrogen) atoms. The van der Waals surface area contributed by atoms with Crippen molar-refractivity contribution in [2.24, 2.45) is 0 Å². The number of hydrogen-bond acceptors (Lipinski definition) is 6. The zero-order valence-electron chi connectivity index (χ0n) is 32.2. The quantitative estimate of drug-likeness (QED) is 0.0504. The van der Waals surface area contributed by atoms with Gasteiger partial charge in [0.25, 0.3) is 0 Å². The second-order valence-electron chi connectivity index (χ2n) is 15.1. The summed E-state index contributed by atoms with van der Waals surface area (Å²) in [5.74, 6) is -0.811. The molecule has 0 aromatic rings. The minimum atomic E-state index is -1.73.